The van der Waals surface area contributed by atoms with E-state index in [4.69, 9.17) is 0 Å². The van der Waals surface area contributed by atoms with Crippen LogP contribution < -0.4 is 15.5 Å². The summed E-state index contributed by atoms with van der Waals surface area (Å²) >= 11 is 0. The second-order valence-corrected chi connectivity index (χ2v) is 5.84. The summed E-state index contributed by atoms with van der Waals surface area (Å²) in [5.41, 5.74) is 2.23. The van der Waals surface area contributed by atoms with Crippen LogP contribution >= 0.6 is 0 Å². The Hall–Kier alpha value is -1.88. The number of rotatable bonds is 3. The van der Waals surface area contributed by atoms with Gasteiger partial charge in [0, 0.05) is 11.7 Å². The summed E-state index contributed by atoms with van der Waals surface area (Å²) in [6.45, 7) is 1.61. The summed E-state index contributed by atoms with van der Waals surface area (Å²) < 4.78 is 0. The standard InChI is InChI=1S/C16H21N3O2/c20-15-10-19(11-16(21)18-15)14-6-4-12(5-7-14)9-13-3-1-2-8-17-13/h4-7,13,17H,1-3,8-11H2,(H,18,20,21). The van der Waals surface area contributed by atoms with Gasteiger partial charge in [-0.2, -0.15) is 0 Å². The number of nitrogens with zero attached hydrogens (tertiary/aromatic N) is 1. The molecule has 0 radical (unpaired) electrons. The Labute approximate surface area is 124 Å². The fraction of sp³-hybridized carbons (Fsp3) is 0.500. The highest BCUT2D eigenvalue weighted by molar-refractivity contribution is 6.02. The van der Waals surface area contributed by atoms with Crippen molar-refractivity contribution in [2.45, 2.75) is 31.7 Å². The molecule has 2 aliphatic rings. The van der Waals surface area contributed by atoms with Crippen LogP contribution in [0.4, 0.5) is 5.69 Å². The molecule has 2 aliphatic heterocycles. The van der Waals surface area contributed by atoms with Gasteiger partial charge in [0.05, 0.1) is 13.1 Å². The molecule has 1 unspecified atom stereocenters. The lowest BCUT2D eigenvalue weighted by atomic mass is 9.97. The third-order valence-corrected chi connectivity index (χ3v) is 4.14. The van der Waals surface area contributed by atoms with E-state index in [2.05, 4.69) is 22.8 Å². The van der Waals surface area contributed by atoms with Gasteiger partial charge < -0.3 is 10.2 Å². The van der Waals surface area contributed by atoms with Gasteiger partial charge >= 0.3 is 0 Å². The molecular weight excluding hydrogens is 266 g/mol. The minimum atomic E-state index is -0.235. The number of piperazine rings is 1. The number of piperidine rings is 1. The molecule has 1 atom stereocenters. The van der Waals surface area contributed by atoms with Crippen molar-refractivity contribution in [3.8, 4) is 0 Å². The SMILES string of the molecule is O=C1CN(c2ccc(CC3CCCCN3)cc2)CC(=O)N1. The molecule has 0 saturated carbocycles. The number of anilines is 1. The van der Waals surface area contributed by atoms with E-state index in [1.807, 2.05) is 17.0 Å². The van der Waals surface area contributed by atoms with E-state index in [1.54, 1.807) is 0 Å². The van der Waals surface area contributed by atoms with Crippen molar-refractivity contribution < 1.29 is 9.59 Å². The van der Waals surface area contributed by atoms with E-state index in [0.717, 1.165) is 18.7 Å². The predicted molar refractivity (Wildman–Crippen MR) is 81.2 cm³/mol. The third kappa shape index (κ3) is 3.61. The number of hydrogen-bond acceptors (Lipinski definition) is 4. The largest absolute Gasteiger partial charge is 0.353 e. The van der Waals surface area contributed by atoms with E-state index in [1.165, 1.54) is 24.8 Å². The summed E-state index contributed by atoms with van der Waals surface area (Å²) in [5.74, 6) is -0.469. The van der Waals surface area contributed by atoms with Gasteiger partial charge in [-0.25, -0.2) is 0 Å². The quantitative estimate of drug-likeness (QED) is 0.809. The van der Waals surface area contributed by atoms with E-state index in [-0.39, 0.29) is 24.9 Å². The number of nitrogens with one attached hydrogen (secondary N) is 2. The maximum atomic E-state index is 11.4. The van der Waals surface area contributed by atoms with Crippen molar-refractivity contribution >= 4 is 17.5 Å². The minimum absolute atomic E-state index is 0.235. The van der Waals surface area contributed by atoms with E-state index in [9.17, 15) is 9.59 Å². The topological polar surface area (TPSA) is 61.4 Å². The Morgan fingerprint density at radius 3 is 2.38 bits per heavy atom. The lowest BCUT2D eigenvalue weighted by Crippen LogP contribution is -2.51. The van der Waals surface area contributed by atoms with Gasteiger partial charge in [-0.05, 0) is 43.5 Å². The maximum Gasteiger partial charge on any atom is 0.246 e. The molecule has 0 aliphatic carbocycles. The highest BCUT2D eigenvalue weighted by Crippen LogP contribution is 2.18. The van der Waals surface area contributed by atoms with Crippen LogP contribution in [0, 0.1) is 0 Å². The molecule has 1 aromatic rings. The number of amides is 2. The highest BCUT2D eigenvalue weighted by Gasteiger charge is 2.22. The zero-order valence-electron chi connectivity index (χ0n) is 12.1. The van der Waals surface area contributed by atoms with Crippen LogP contribution in [0.2, 0.25) is 0 Å². The first-order chi connectivity index (χ1) is 10.2. The van der Waals surface area contributed by atoms with Crippen LogP contribution in [-0.2, 0) is 16.0 Å². The predicted octanol–water partition coefficient (Wildman–Crippen LogP) is 0.834. The average Bonchev–Trinajstić information content (AvgIpc) is 2.48. The molecule has 2 amide bonds. The summed E-state index contributed by atoms with van der Waals surface area (Å²) in [4.78, 5) is 24.6. The number of imide groups is 1. The van der Waals surface area contributed by atoms with E-state index in [0.29, 0.717) is 6.04 Å². The molecule has 2 saturated heterocycles. The number of benzene rings is 1. The fourth-order valence-corrected chi connectivity index (χ4v) is 3.05. The van der Waals surface area contributed by atoms with Crippen molar-refractivity contribution in [1.82, 2.24) is 10.6 Å². The zero-order chi connectivity index (χ0) is 14.7. The lowest BCUT2D eigenvalue weighted by molar-refractivity contribution is -0.130. The van der Waals surface area contributed by atoms with Crippen molar-refractivity contribution in [3.63, 3.8) is 0 Å². The molecule has 0 spiro atoms. The number of carbonyl (C=O) groups is 2. The molecule has 2 fully saturated rings. The smallest absolute Gasteiger partial charge is 0.246 e. The van der Waals surface area contributed by atoms with Crippen LogP contribution in [0.15, 0.2) is 24.3 Å². The zero-order valence-corrected chi connectivity index (χ0v) is 12.1. The van der Waals surface area contributed by atoms with Gasteiger partial charge in [0.25, 0.3) is 0 Å². The van der Waals surface area contributed by atoms with Crippen LogP contribution in [-0.4, -0.2) is 37.5 Å². The summed E-state index contributed by atoms with van der Waals surface area (Å²) in [7, 11) is 0. The molecule has 0 aromatic heterocycles. The molecule has 0 bridgehead atoms. The Balaban J connectivity index is 1.63. The van der Waals surface area contributed by atoms with Crippen LogP contribution in [0.25, 0.3) is 0 Å². The molecule has 5 heteroatoms. The lowest BCUT2D eigenvalue weighted by Gasteiger charge is -2.28. The van der Waals surface area contributed by atoms with Crippen molar-refractivity contribution in [2.24, 2.45) is 0 Å². The molecule has 2 N–H and O–H groups in total. The van der Waals surface area contributed by atoms with Crippen LogP contribution in [0.1, 0.15) is 24.8 Å². The van der Waals surface area contributed by atoms with Crippen molar-refractivity contribution in [2.75, 3.05) is 24.5 Å². The van der Waals surface area contributed by atoms with Crippen LogP contribution in [0.5, 0.6) is 0 Å². The molecule has 1 aromatic carbocycles. The monoisotopic (exact) mass is 287 g/mol. The normalized spacial score (nSPS) is 23.0. The second kappa shape index (κ2) is 6.26. The molecular formula is C16H21N3O2. The van der Waals surface area contributed by atoms with Gasteiger partial charge in [0.15, 0.2) is 0 Å². The van der Waals surface area contributed by atoms with Gasteiger partial charge in [-0.3, -0.25) is 14.9 Å². The second-order valence-electron chi connectivity index (χ2n) is 5.84. The highest BCUT2D eigenvalue weighted by atomic mass is 16.2. The summed E-state index contributed by atoms with van der Waals surface area (Å²) in [6, 6.07) is 8.78. The number of carbonyl (C=O) groups excluding carboxylic acids is 2. The molecule has 3 rings (SSSR count). The summed E-state index contributed by atoms with van der Waals surface area (Å²) in [5, 5.41) is 5.87. The van der Waals surface area contributed by atoms with Gasteiger partial charge in [0.2, 0.25) is 11.8 Å². The van der Waals surface area contributed by atoms with Crippen molar-refractivity contribution in [1.29, 1.82) is 0 Å². The Kier molecular flexibility index (Phi) is 4.20. The molecule has 2 heterocycles. The fourth-order valence-electron chi connectivity index (χ4n) is 3.05. The Bertz CT molecular complexity index is 505. The first kappa shape index (κ1) is 14.1. The number of hydrogen-bond donors (Lipinski definition) is 2. The van der Waals surface area contributed by atoms with Crippen molar-refractivity contribution in [3.05, 3.63) is 29.8 Å². The van der Waals surface area contributed by atoms with E-state index >= 15 is 0 Å². The third-order valence-electron chi connectivity index (χ3n) is 4.14. The molecule has 21 heavy (non-hydrogen) atoms. The van der Waals surface area contributed by atoms with Gasteiger partial charge in [0.1, 0.15) is 0 Å². The van der Waals surface area contributed by atoms with Gasteiger partial charge in [-0.15, -0.1) is 0 Å². The molecule has 112 valence electrons. The first-order valence-corrected chi connectivity index (χ1v) is 7.61. The first-order valence-electron chi connectivity index (χ1n) is 7.61. The van der Waals surface area contributed by atoms with E-state index < -0.39 is 0 Å². The maximum absolute atomic E-state index is 11.4. The minimum Gasteiger partial charge on any atom is -0.353 e. The van der Waals surface area contributed by atoms with Gasteiger partial charge in [-0.1, -0.05) is 18.6 Å². The Morgan fingerprint density at radius 1 is 1.05 bits per heavy atom. The van der Waals surface area contributed by atoms with Crippen LogP contribution in [0.3, 0.4) is 0 Å². The molecule has 5 nitrogen and oxygen atoms in total. The summed E-state index contributed by atoms with van der Waals surface area (Å²) in [6.07, 6.45) is 4.86. The Morgan fingerprint density at radius 2 is 1.76 bits per heavy atom. The average molecular weight is 287 g/mol.